The van der Waals surface area contributed by atoms with Crippen LogP contribution >= 0.6 is 0 Å². The Labute approximate surface area is 185 Å². The number of aromatic amines is 1. The average molecular weight is 452 g/mol. The van der Waals surface area contributed by atoms with Gasteiger partial charge in [-0.3, -0.25) is 5.10 Å². The van der Waals surface area contributed by atoms with Gasteiger partial charge in [0.15, 0.2) is 0 Å². The van der Waals surface area contributed by atoms with Gasteiger partial charge in [0.05, 0.1) is 28.8 Å². The van der Waals surface area contributed by atoms with Crippen molar-refractivity contribution in [3.05, 3.63) is 88.8 Å². The standard InChI is InChI=1S/C23H16F4N6/c1-11-21-22(33-32-11)14-8-19(28-9-12-5-6-13(24)7-17(12)27)29-10-18(14)30-23(31-21)20-15(25)3-2-4-16(20)26/h2-8,10H,9H2,1H3,(H,28,29)(H,30,31)(H,32,33). The van der Waals surface area contributed by atoms with Gasteiger partial charge >= 0.3 is 0 Å². The number of aryl methyl sites for hydroxylation is 1. The summed E-state index contributed by atoms with van der Waals surface area (Å²) in [4.78, 5) is 8.75. The summed E-state index contributed by atoms with van der Waals surface area (Å²) in [5.74, 6) is -2.48. The molecule has 3 N–H and O–H groups in total. The lowest BCUT2D eigenvalue weighted by Crippen LogP contribution is -2.17. The van der Waals surface area contributed by atoms with E-state index in [9.17, 15) is 17.6 Å². The number of fused-ring (bicyclic) bond motifs is 3. The van der Waals surface area contributed by atoms with Crippen LogP contribution in [0, 0.1) is 30.2 Å². The Balaban J connectivity index is 1.53. The van der Waals surface area contributed by atoms with Crippen LogP contribution in [0.3, 0.4) is 0 Å². The number of anilines is 2. The third kappa shape index (κ3) is 3.79. The summed E-state index contributed by atoms with van der Waals surface area (Å²) in [6, 6.07) is 8.59. The molecule has 0 bridgehead atoms. The first kappa shape index (κ1) is 20.7. The SMILES string of the molecule is Cc1n[nH]c2c1N=C(c1c(F)cccc1F)Nc1cnc(NCc3ccc(F)cc3F)cc1-2. The van der Waals surface area contributed by atoms with E-state index < -0.39 is 23.3 Å². The molecular weight excluding hydrogens is 436 g/mol. The van der Waals surface area contributed by atoms with Crippen LogP contribution in [0.4, 0.5) is 34.8 Å². The van der Waals surface area contributed by atoms with Gasteiger partial charge in [0, 0.05) is 23.7 Å². The minimum Gasteiger partial charge on any atom is -0.366 e. The van der Waals surface area contributed by atoms with Gasteiger partial charge in [-0.2, -0.15) is 5.10 Å². The van der Waals surface area contributed by atoms with E-state index in [1.165, 1.54) is 24.4 Å². The summed E-state index contributed by atoms with van der Waals surface area (Å²) in [5.41, 5.74) is 2.49. The lowest BCUT2D eigenvalue weighted by atomic mass is 10.1. The van der Waals surface area contributed by atoms with E-state index in [1.54, 1.807) is 13.0 Å². The first-order valence-corrected chi connectivity index (χ1v) is 9.94. The fourth-order valence-corrected chi connectivity index (χ4v) is 3.57. The Hall–Kier alpha value is -4.21. The van der Waals surface area contributed by atoms with Crippen LogP contribution in [-0.2, 0) is 6.54 Å². The van der Waals surface area contributed by atoms with E-state index in [2.05, 4.69) is 30.8 Å². The summed E-state index contributed by atoms with van der Waals surface area (Å²) in [5, 5.41) is 13.0. The highest BCUT2D eigenvalue weighted by molar-refractivity contribution is 6.13. The summed E-state index contributed by atoms with van der Waals surface area (Å²) < 4.78 is 56.0. The second-order valence-corrected chi connectivity index (χ2v) is 7.42. The molecule has 0 saturated heterocycles. The Morgan fingerprint density at radius 2 is 1.76 bits per heavy atom. The lowest BCUT2D eigenvalue weighted by molar-refractivity contribution is 0.574. The maximum Gasteiger partial charge on any atom is 0.144 e. The van der Waals surface area contributed by atoms with Crippen molar-refractivity contribution in [3.8, 4) is 11.3 Å². The molecule has 1 aliphatic heterocycles. The van der Waals surface area contributed by atoms with Gasteiger partial charge in [-0.25, -0.2) is 27.5 Å². The number of nitrogens with one attached hydrogen (secondary N) is 3. The van der Waals surface area contributed by atoms with E-state index in [0.29, 0.717) is 34.1 Å². The molecule has 166 valence electrons. The predicted molar refractivity (Wildman–Crippen MR) is 116 cm³/mol. The number of H-pyrrole nitrogens is 1. The molecule has 4 aromatic rings. The highest BCUT2D eigenvalue weighted by atomic mass is 19.1. The van der Waals surface area contributed by atoms with Crippen LogP contribution < -0.4 is 10.6 Å². The zero-order valence-corrected chi connectivity index (χ0v) is 17.2. The first-order valence-electron chi connectivity index (χ1n) is 9.94. The van der Waals surface area contributed by atoms with Gasteiger partial charge in [-0.15, -0.1) is 0 Å². The molecule has 5 rings (SSSR count). The molecule has 6 nitrogen and oxygen atoms in total. The number of hydrogen-bond donors (Lipinski definition) is 3. The molecular formula is C23H16F4N6. The molecule has 33 heavy (non-hydrogen) atoms. The van der Waals surface area contributed by atoms with Gasteiger partial charge < -0.3 is 10.6 Å². The van der Waals surface area contributed by atoms with Crippen LogP contribution in [0.25, 0.3) is 11.3 Å². The van der Waals surface area contributed by atoms with E-state index >= 15 is 0 Å². The van der Waals surface area contributed by atoms with Crippen molar-refractivity contribution in [1.29, 1.82) is 0 Å². The van der Waals surface area contributed by atoms with Crippen molar-refractivity contribution in [3.63, 3.8) is 0 Å². The predicted octanol–water partition coefficient (Wildman–Crippen LogP) is 5.45. The molecule has 2 aromatic heterocycles. The van der Waals surface area contributed by atoms with Gasteiger partial charge in [-0.1, -0.05) is 12.1 Å². The molecule has 0 amide bonds. The van der Waals surface area contributed by atoms with Gasteiger partial charge in [-0.05, 0) is 31.2 Å². The average Bonchev–Trinajstić information content (AvgIpc) is 3.05. The minimum atomic E-state index is -0.764. The molecule has 0 spiro atoms. The zero-order valence-electron chi connectivity index (χ0n) is 17.2. The van der Waals surface area contributed by atoms with E-state index in [1.807, 2.05) is 0 Å². The summed E-state index contributed by atoms with van der Waals surface area (Å²) in [7, 11) is 0. The lowest BCUT2D eigenvalue weighted by Gasteiger charge is -2.13. The van der Waals surface area contributed by atoms with Crippen molar-refractivity contribution in [2.75, 3.05) is 10.6 Å². The fourth-order valence-electron chi connectivity index (χ4n) is 3.57. The number of aliphatic imine (C=N–C) groups is 1. The maximum absolute atomic E-state index is 14.5. The zero-order chi connectivity index (χ0) is 23.1. The maximum atomic E-state index is 14.5. The molecule has 0 atom stereocenters. The number of pyridine rings is 1. The second-order valence-electron chi connectivity index (χ2n) is 7.42. The molecule has 0 saturated carbocycles. The van der Waals surface area contributed by atoms with Crippen LogP contribution in [0.1, 0.15) is 16.8 Å². The summed E-state index contributed by atoms with van der Waals surface area (Å²) in [6.45, 7) is 1.79. The normalized spacial score (nSPS) is 12.3. The fraction of sp³-hybridized carbons (Fsp3) is 0.0870. The second kappa shape index (κ2) is 8.05. The van der Waals surface area contributed by atoms with Gasteiger partial charge in [0.2, 0.25) is 0 Å². The molecule has 3 heterocycles. The number of aromatic nitrogens is 3. The molecule has 0 aliphatic carbocycles. The number of rotatable bonds is 4. The quantitative estimate of drug-likeness (QED) is 0.360. The largest absolute Gasteiger partial charge is 0.366 e. The van der Waals surface area contributed by atoms with Crippen molar-refractivity contribution in [2.24, 2.45) is 4.99 Å². The van der Waals surface area contributed by atoms with Crippen molar-refractivity contribution in [1.82, 2.24) is 15.2 Å². The third-order valence-electron chi connectivity index (χ3n) is 5.24. The van der Waals surface area contributed by atoms with E-state index in [0.717, 1.165) is 18.2 Å². The molecule has 10 heteroatoms. The van der Waals surface area contributed by atoms with Gasteiger partial charge in [0.25, 0.3) is 0 Å². The Kier molecular flexibility index (Phi) is 5.04. The third-order valence-corrected chi connectivity index (χ3v) is 5.24. The first-order chi connectivity index (χ1) is 15.9. The Bertz CT molecular complexity index is 1390. The minimum absolute atomic E-state index is 0.0222. The van der Waals surface area contributed by atoms with Gasteiger partial charge in [0.1, 0.15) is 40.6 Å². The number of amidine groups is 1. The smallest absolute Gasteiger partial charge is 0.144 e. The highest BCUT2D eigenvalue weighted by Crippen LogP contribution is 2.39. The molecule has 2 aromatic carbocycles. The van der Waals surface area contributed by atoms with Crippen LogP contribution in [-0.4, -0.2) is 21.0 Å². The topological polar surface area (TPSA) is 78.0 Å². The summed E-state index contributed by atoms with van der Waals surface area (Å²) >= 11 is 0. The van der Waals surface area contributed by atoms with Crippen LogP contribution in [0.15, 0.2) is 53.7 Å². The highest BCUT2D eigenvalue weighted by Gasteiger charge is 2.25. The Morgan fingerprint density at radius 1 is 0.970 bits per heavy atom. The summed E-state index contributed by atoms with van der Waals surface area (Å²) in [6.07, 6.45) is 1.47. The van der Waals surface area contributed by atoms with Crippen LogP contribution in [0.5, 0.6) is 0 Å². The monoisotopic (exact) mass is 452 g/mol. The molecule has 0 unspecified atom stereocenters. The van der Waals surface area contributed by atoms with E-state index in [4.69, 9.17) is 0 Å². The van der Waals surface area contributed by atoms with Crippen molar-refractivity contribution in [2.45, 2.75) is 13.5 Å². The van der Waals surface area contributed by atoms with Crippen molar-refractivity contribution < 1.29 is 17.6 Å². The number of hydrogen-bond acceptors (Lipinski definition) is 5. The van der Waals surface area contributed by atoms with E-state index in [-0.39, 0.29) is 23.5 Å². The Morgan fingerprint density at radius 3 is 2.52 bits per heavy atom. The molecule has 0 fully saturated rings. The number of nitrogens with zero attached hydrogens (tertiary/aromatic N) is 3. The number of benzene rings is 2. The molecule has 0 radical (unpaired) electrons. The van der Waals surface area contributed by atoms with Crippen LogP contribution in [0.2, 0.25) is 0 Å². The number of halogens is 4. The molecule has 1 aliphatic rings. The van der Waals surface area contributed by atoms with Crippen molar-refractivity contribution >= 4 is 23.0 Å².